The van der Waals surface area contributed by atoms with Crippen LogP contribution in [0.1, 0.15) is 26.2 Å². The first kappa shape index (κ1) is 13.5. The summed E-state index contributed by atoms with van der Waals surface area (Å²) in [5, 5.41) is 7.47. The maximum Gasteiger partial charge on any atom is 0.229 e. The van der Waals surface area contributed by atoms with Gasteiger partial charge in [-0.25, -0.2) is 4.98 Å². The van der Waals surface area contributed by atoms with Gasteiger partial charge in [-0.2, -0.15) is 5.10 Å². The SMILES string of the molecule is C[C@]1(C(=O)N2CCC[C@H](Cn3cncn3)C2)CCNC1. The highest BCUT2D eigenvalue weighted by atomic mass is 16.2. The summed E-state index contributed by atoms with van der Waals surface area (Å²) < 4.78 is 1.87. The molecule has 1 aromatic heterocycles. The Kier molecular flexibility index (Phi) is 3.74. The zero-order valence-electron chi connectivity index (χ0n) is 12.1. The molecule has 110 valence electrons. The molecule has 2 atom stereocenters. The van der Waals surface area contributed by atoms with E-state index in [1.165, 1.54) is 6.42 Å². The number of aromatic nitrogens is 3. The molecule has 0 radical (unpaired) electrons. The average molecular weight is 277 g/mol. The summed E-state index contributed by atoms with van der Waals surface area (Å²) in [6, 6.07) is 0. The van der Waals surface area contributed by atoms with Crippen molar-refractivity contribution in [1.29, 1.82) is 0 Å². The molecular formula is C14H23N5O. The molecule has 0 bridgehead atoms. The van der Waals surface area contributed by atoms with Gasteiger partial charge in [-0.15, -0.1) is 0 Å². The van der Waals surface area contributed by atoms with Gasteiger partial charge in [0.05, 0.1) is 5.41 Å². The molecule has 1 aromatic rings. The fourth-order valence-electron chi connectivity index (χ4n) is 3.37. The van der Waals surface area contributed by atoms with E-state index in [-0.39, 0.29) is 5.41 Å². The summed E-state index contributed by atoms with van der Waals surface area (Å²) in [7, 11) is 0. The molecule has 0 aliphatic carbocycles. The van der Waals surface area contributed by atoms with Crippen molar-refractivity contribution in [2.24, 2.45) is 11.3 Å². The summed E-state index contributed by atoms with van der Waals surface area (Å²) in [6.07, 6.45) is 6.53. The van der Waals surface area contributed by atoms with E-state index in [0.29, 0.717) is 11.8 Å². The molecule has 0 spiro atoms. The monoisotopic (exact) mass is 277 g/mol. The summed E-state index contributed by atoms with van der Waals surface area (Å²) >= 11 is 0. The Hall–Kier alpha value is -1.43. The number of piperidine rings is 1. The molecular weight excluding hydrogens is 254 g/mol. The van der Waals surface area contributed by atoms with E-state index in [9.17, 15) is 4.79 Å². The van der Waals surface area contributed by atoms with Crippen LogP contribution in [0.2, 0.25) is 0 Å². The van der Waals surface area contributed by atoms with Crippen LogP contribution >= 0.6 is 0 Å². The van der Waals surface area contributed by atoms with Crippen molar-refractivity contribution in [3.8, 4) is 0 Å². The molecule has 1 amide bonds. The third kappa shape index (κ3) is 2.70. The number of likely N-dealkylation sites (tertiary alicyclic amines) is 1. The van der Waals surface area contributed by atoms with E-state index in [2.05, 4.69) is 27.2 Å². The minimum atomic E-state index is -0.199. The maximum atomic E-state index is 12.7. The van der Waals surface area contributed by atoms with Gasteiger partial charge in [0.25, 0.3) is 0 Å². The highest BCUT2D eigenvalue weighted by molar-refractivity contribution is 5.83. The van der Waals surface area contributed by atoms with Crippen molar-refractivity contribution in [2.45, 2.75) is 32.7 Å². The lowest BCUT2D eigenvalue weighted by Gasteiger charge is -2.37. The molecule has 6 heteroatoms. The maximum absolute atomic E-state index is 12.7. The zero-order chi connectivity index (χ0) is 14.0. The van der Waals surface area contributed by atoms with Crippen molar-refractivity contribution in [1.82, 2.24) is 25.0 Å². The van der Waals surface area contributed by atoms with Crippen molar-refractivity contribution in [3.63, 3.8) is 0 Å². The van der Waals surface area contributed by atoms with Gasteiger partial charge in [0.2, 0.25) is 5.91 Å². The number of rotatable bonds is 3. The van der Waals surface area contributed by atoms with Gasteiger partial charge >= 0.3 is 0 Å². The second kappa shape index (κ2) is 5.52. The van der Waals surface area contributed by atoms with Gasteiger partial charge in [0, 0.05) is 26.2 Å². The van der Waals surface area contributed by atoms with Crippen LogP contribution in [0.25, 0.3) is 0 Å². The molecule has 3 rings (SSSR count). The van der Waals surface area contributed by atoms with Crippen molar-refractivity contribution in [2.75, 3.05) is 26.2 Å². The Morgan fingerprint density at radius 3 is 3.15 bits per heavy atom. The highest BCUT2D eigenvalue weighted by Crippen LogP contribution is 2.29. The van der Waals surface area contributed by atoms with Crippen molar-refractivity contribution < 1.29 is 4.79 Å². The Bertz CT molecular complexity index is 452. The van der Waals surface area contributed by atoms with E-state index in [1.54, 1.807) is 12.7 Å². The Labute approximate surface area is 119 Å². The summed E-state index contributed by atoms with van der Waals surface area (Å²) in [5.41, 5.74) is -0.199. The number of nitrogens with zero attached hydrogens (tertiary/aromatic N) is 4. The highest BCUT2D eigenvalue weighted by Gasteiger charge is 2.40. The molecule has 1 N–H and O–H groups in total. The largest absolute Gasteiger partial charge is 0.342 e. The predicted molar refractivity (Wildman–Crippen MR) is 74.9 cm³/mol. The Morgan fingerprint density at radius 2 is 2.45 bits per heavy atom. The number of amides is 1. The van der Waals surface area contributed by atoms with Crippen LogP contribution in [-0.4, -0.2) is 51.8 Å². The molecule has 3 heterocycles. The van der Waals surface area contributed by atoms with Crippen LogP contribution < -0.4 is 5.32 Å². The predicted octanol–water partition coefficient (Wildman–Crippen LogP) is 0.516. The van der Waals surface area contributed by atoms with Crippen molar-refractivity contribution in [3.05, 3.63) is 12.7 Å². The second-order valence-electron chi connectivity index (χ2n) is 6.36. The molecule has 2 aliphatic rings. The number of carbonyl (C=O) groups excluding carboxylic acids is 1. The smallest absolute Gasteiger partial charge is 0.229 e. The lowest BCUT2D eigenvalue weighted by atomic mass is 9.86. The second-order valence-corrected chi connectivity index (χ2v) is 6.36. The topological polar surface area (TPSA) is 63.1 Å². The van der Waals surface area contributed by atoms with Crippen LogP contribution in [0.4, 0.5) is 0 Å². The molecule has 0 unspecified atom stereocenters. The fraction of sp³-hybridized carbons (Fsp3) is 0.786. The Morgan fingerprint density at radius 1 is 1.55 bits per heavy atom. The molecule has 0 aromatic carbocycles. The van der Waals surface area contributed by atoms with Gasteiger partial charge in [-0.1, -0.05) is 0 Å². The van der Waals surface area contributed by atoms with Gasteiger partial charge in [0.1, 0.15) is 12.7 Å². The van der Waals surface area contributed by atoms with Crippen LogP contribution in [0.15, 0.2) is 12.7 Å². The lowest BCUT2D eigenvalue weighted by Crippen LogP contribution is -2.48. The van der Waals surface area contributed by atoms with Gasteiger partial charge in [-0.3, -0.25) is 9.48 Å². The van der Waals surface area contributed by atoms with Gasteiger partial charge in [-0.05, 0) is 38.6 Å². The van der Waals surface area contributed by atoms with E-state index in [4.69, 9.17) is 0 Å². The van der Waals surface area contributed by atoms with Crippen molar-refractivity contribution >= 4 is 5.91 Å². The summed E-state index contributed by atoms with van der Waals surface area (Å²) in [5.74, 6) is 0.818. The van der Waals surface area contributed by atoms with Gasteiger partial charge < -0.3 is 10.2 Å². The third-order valence-corrected chi connectivity index (χ3v) is 4.60. The number of nitrogens with one attached hydrogen (secondary N) is 1. The normalized spacial score (nSPS) is 30.6. The quantitative estimate of drug-likeness (QED) is 0.875. The van der Waals surface area contributed by atoms with E-state index >= 15 is 0 Å². The van der Waals surface area contributed by atoms with E-state index in [0.717, 1.165) is 45.6 Å². The third-order valence-electron chi connectivity index (χ3n) is 4.60. The number of hydrogen-bond donors (Lipinski definition) is 1. The number of hydrogen-bond acceptors (Lipinski definition) is 4. The molecule has 20 heavy (non-hydrogen) atoms. The van der Waals surface area contributed by atoms with E-state index < -0.39 is 0 Å². The standard InChI is InChI=1S/C14H23N5O/c1-14(4-5-15-9-14)13(20)18-6-2-3-12(7-18)8-19-11-16-10-17-19/h10-12,15H,2-9H2,1H3/t12-,14-/m0/s1. The summed E-state index contributed by atoms with van der Waals surface area (Å²) in [6.45, 7) is 6.49. The Balaban J connectivity index is 1.61. The molecule has 2 saturated heterocycles. The van der Waals surface area contributed by atoms with Gasteiger partial charge in [0.15, 0.2) is 0 Å². The minimum Gasteiger partial charge on any atom is -0.342 e. The lowest BCUT2D eigenvalue weighted by molar-refractivity contribution is -0.142. The first-order valence-electron chi connectivity index (χ1n) is 7.50. The number of carbonyl (C=O) groups is 1. The average Bonchev–Trinajstić information content (AvgIpc) is 3.11. The molecule has 2 fully saturated rings. The molecule has 2 aliphatic heterocycles. The van der Waals surface area contributed by atoms with Crippen LogP contribution in [0.3, 0.4) is 0 Å². The minimum absolute atomic E-state index is 0.199. The van der Waals surface area contributed by atoms with E-state index in [1.807, 2.05) is 4.68 Å². The fourth-order valence-corrected chi connectivity index (χ4v) is 3.37. The summed E-state index contributed by atoms with van der Waals surface area (Å²) in [4.78, 5) is 18.8. The first-order chi connectivity index (χ1) is 9.67. The van der Waals surface area contributed by atoms with Crippen LogP contribution in [0, 0.1) is 11.3 Å². The molecule has 0 saturated carbocycles. The van der Waals surface area contributed by atoms with Crippen LogP contribution in [0.5, 0.6) is 0 Å². The zero-order valence-corrected chi connectivity index (χ0v) is 12.1. The van der Waals surface area contributed by atoms with Crippen LogP contribution in [-0.2, 0) is 11.3 Å². The first-order valence-corrected chi connectivity index (χ1v) is 7.50. The molecule has 6 nitrogen and oxygen atoms in total.